The van der Waals surface area contributed by atoms with Crippen molar-refractivity contribution >= 4 is 0 Å². The van der Waals surface area contributed by atoms with Gasteiger partial charge < -0.3 is 15.3 Å². The molecule has 0 aromatic carbocycles. The van der Waals surface area contributed by atoms with Crippen LogP contribution in [0.15, 0.2) is 0 Å². The first-order chi connectivity index (χ1) is 8.89. The van der Waals surface area contributed by atoms with Gasteiger partial charge in [-0.3, -0.25) is 0 Å². The minimum atomic E-state index is -0.0433. The van der Waals surface area contributed by atoms with E-state index in [1.54, 1.807) is 0 Å². The Balaban J connectivity index is 2.39. The molecule has 2 N–H and O–H groups in total. The molecule has 0 bridgehead atoms. The van der Waals surface area contributed by atoms with Crippen LogP contribution in [0.3, 0.4) is 0 Å². The average molecular weight is 270 g/mol. The smallest absolute Gasteiger partial charge is 0.0613 e. The summed E-state index contributed by atoms with van der Waals surface area (Å²) in [6, 6.07) is 0.664. The molecule has 1 unspecified atom stereocenters. The summed E-state index contributed by atoms with van der Waals surface area (Å²) in [6.45, 7) is 10.4. The molecule has 1 fully saturated rings. The molecule has 0 radical (unpaired) electrons. The molecule has 1 rings (SSSR count). The Morgan fingerprint density at radius 1 is 1.21 bits per heavy atom. The number of hydrogen-bond donors (Lipinski definition) is 2. The lowest BCUT2D eigenvalue weighted by Gasteiger charge is -2.37. The maximum absolute atomic E-state index is 9.75. The van der Waals surface area contributed by atoms with Crippen LogP contribution >= 0.6 is 0 Å². The van der Waals surface area contributed by atoms with E-state index in [9.17, 15) is 5.11 Å². The largest absolute Gasteiger partial charge is 0.394 e. The fourth-order valence-electron chi connectivity index (χ4n) is 2.48. The molecule has 0 amide bonds. The highest BCUT2D eigenvalue weighted by molar-refractivity contribution is 4.94. The van der Waals surface area contributed by atoms with Crippen molar-refractivity contribution in [3.05, 3.63) is 0 Å². The monoisotopic (exact) mass is 270 g/mol. The summed E-state index contributed by atoms with van der Waals surface area (Å²) >= 11 is 0. The first-order valence-electron chi connectivity index (χ1n) is 7.99. The Labute approximate surface area is 119 Å². The van der Waals surface area contributed by atoms with E-state index in [0.29, 0.717) is 6.04 Å². The van der Waals surface area contributed by atoms with Gasteiger partial charge in [-0.05, 0) is 66.0 Å². The second-order valence-electron chi connectivity index (χ2n) is 6.90. The molecule has 19 heavy (non-hydrogen) atoms. The summed E-state index contributed by atoms with van der Waals surface area (Å²) in [4.78, 5) is 2.45. The lowest BCUT2D eigenvalue weighted by atomic mass is 9.90. The maximum Gasteiger partial charge on any atom is 0.0613 e. The van der Waals surface area contributed by atoms with Gasteiger partial charge in [0.05, 0.1) is 6.61 Å². The van der Waals surface area contributed by atoms with E-state index in [1.165, 1.54) is 19.3 Å². The van der Waals surface area contributed by atoms with E-state index >= 15 is 0 Å². The van der Waals surface area contributed by atoms with Gasteiger partial charge >= 0.3 is 0 Å². The molecular weight excluding hydrogens is 236 g/mol. The Morgan fingerprint density at radius 2 is 1.84 bits per heavy atom. The molecule has 0 spiro atoms. The van der Waals surface area contributed by atoms with Crippen molar-refractivity contribution in [3.63, 3.8) is 0 Å². The molecule has 0 saturated heterocycles. The van der Waals surface area contributed by atoms with E-state index in [4.69, 9.17) is 0 Å². The van der Waals surface area contributed by atoms with E-state index in [2.05, 4.69) is 45.0 Å². The van der Waals surface area contributed by atoms with Crippen molar-refractivity contribution < 1.29 is 5.11 Å². The van der Waals surface area contributed by atoms with Crippen LogP contribution in [0.5, 0.6) is 0 Å². The van der Waals surface area contributed by atoms with Crippen LogP contribution in [0.25, 0.3) is 0 Å². The van der Waals surface area contributed by atoms with E-state index in [-0.39, 0.29) is 17.7 Å². The lowest BCUT2D eigenvalue weighted by molar-refractivity contribution is 0.118. The first-order valence-corrected chi connectivity index (χ1v) is 7.99. The number of aliphatic hydroxyl groups excluding tert-OH is 1. The zero-order chi connectivity index (χ0) is 14.5. The topological polar surface area (TPSA) is 35.5 Å². The molecule has 114 valence electrons. The maximum atomic E-state index is 9.75. The zero-order valence-corrected chi connectivity index (χ0v) is 13.6. The SMILES string of the molecule is CCC(CO)(CCCN(C)C(C)(C)CC)NC1CC1. The summed E-state index contributed by atoms with van der Waals surface area (Å²) < 4.78 is 0. The molecule has 0 aromatic rings. The second-order valence-corrected chi connectivity index (χ2v) is 6.90. The average Bonchev–Trinajstić information content (AvgIpc) is 3.21. The van der Waals surface area contributed by atoms with Crippen molar-refractivity contribution in [2.24, 2.45) is 0 Å². The van der Waals surface area contributed by atoms with Gasteiger partial charge in [-0.2, -0.15) is 0 Å². The van der Waals surface area contributed by atoms with Crippen LogP contribution in [0.4, 0.5) is 0 Å². The molecule has 3 heteroatoms. The van der Waals surface area contributed by atoms with Crippen molar-refractivity contribution in [2.75, 3.05) is 20.2 Å². The minimum Gasteiger partial charge on any atom is -0.394 e. The lowest BCUT2D eigenvalue weighted by Crippen LogP contribution is -2.50. The summed E-state index contributed by atoms with van der Waals surface area (Å²) in [7, 11) is 2.21. The van der Waals surface area contributed by atoms with Gasteiger partial charge in [0.1, 0.15) is 0 Å². The predicted molar refractivity (Wildman–Crippen MR) is 82.5 cm³/mol. The number of rotatable bonds is 10. The fraction of sp³-hybridized carbons (Fsp3) is 1.00. The zero-order valence-electron chi connectivity index (χ0n) is 13.6. The van der Waals surface area contributed by atoms with Gasteiger partial charge in [-0.25, -0.2) is 0 Å². The third-order valence-corrected chi connectivity index (χ3v) is 5.11. The Bertz CT molecular complexity index is 257. The molecule has 1 aliphatic rings. The normalized spacial score (nSPS) is 19.7. The van der Waals surface area contributed by atoms with Crippen LogP contribution in [-0.2, 0) is 0 Å². The Morgan fingerprint density at radius 3 is 2.26 bits per heavy atom. The van der Waals surface area contributed by atoms with Crippen molar-refractivity contribution in [1.82, 2.24) is 10.2 Å². The molecule has 0 aliphatic heterocycles. The highest BCUT2D eigenvalue weighted by Gasteiger charge is 2.34. The Kier molecular flexibility index (Phi) is 6.28. The second kappa shape index (κ2) is 7.05. The van der Waals surface area contributed by atoms with Crippen LogP contribution in [0.2, 0.25) is 0 Å². The summed E-state index contributed by atoms with van der Waals surface area (Å²) in [6.07, 6.45) is 6.97. The standard InChI is InChI=1S/C16H34N2O/c1-6-15(3,4)18(5)12-8-11-16(7-2,13-19)17-14-9-10-14/h14,17,19H,6-13H2,1-5H3. The summed E-state index contributed by atoms with van der Waals surface area (Å²) in [5.41, 5.74) is 0.233. The number of nitrogens with one attached hydrogen (secondary N) is 1. The van der Waals surface area contributed by atoms with Gasteiger partial charge in [-0.15, -0.1) is 0 Å². The number of aliphatic hydroxyl groups is 1. The van der Waals surface area contributed by atoms with Crippen molar-refractivity contribution in [3.8, 4) is 0 Å². The van der Waals surface area contributed by atoms with Gasteiger partial charge in [0.15, 0.2) is 0 Å². The molecule has 1 aliphatic carbocycles. The van der Waals surface area contributed by atoms with Crippen LogP contribution in [0, 0.1) is 0 Å². The van der Waals surface area contributed by atoms with Crippen molar-refractivity contribution in [2.45, 2.75) is 83.3 Å². The fourth-order valence-corrected chi connectivity index (χ4v) is 2.48. The summed E-state index contributed by atoms with van der Waals surface area (Å²) in [5, 5.41) is 13.4. The van der Waals surface area contributed by atoms with Gasteiger partial charge in [-0.1, -0.05) is 13.8 Å². The molecular formula is C16H34N2O. The van der Waals surface area contributed by atoms with Crippen LogP contribution in [-0.4, -0.2) is 47.3 Å². The van der Waals surface area contributed by atoms with Gasteiger partial charge in [0.2, 0.25) is 0 Å². The third-order valence-electron chi connectivity index (χ3n) is 5.11. The molecule has 1 saturated carbocycles. The highest BCUT2D eigenvalue weighted by atomic mass is 16.3. The minimum absolute atomic E-state index is 0.0433. The summed E-state index contributed by atoms with van der Waals surface area (Å²) in [5.74, 6) is 0. The molecule has 1 atom stereocenters. The number of nitrogens with zero attached hydrogens (tertiary/aromatic N) is 1. The Hall–Kier alpha value is -0.120. The van der Waals surface area contributed by atoms with E-state index in [0.717, 1.165) is 25.8 Å². The predicted octanol–water partition coefficient (Wildman–Crippen LogP) is 2.78. The van der Waals surface area contributed by atoms with Crippen LogP contribution in [0.1, 0.15) is 66.2 Å². The first kappa shape index (κ1) is 16.9. The molecule has 3 nitrogen and oxygen atoms in total. The van der Waals surface area contributed by atoms with E-state index in [1.807, 2.05) is 0 Å². The third kappa shape index (κ3) is 5.05. The number of hydrogen-bond acceptors (Lipinski definition) is 3. The van der Waals surface area contributed by atoms with Gasteiger partial charge in [0.25, 0.3) is 0 Å². The quantitative estimate of drug-likeness (QED) is 0.641. The highest BCUT2D eigenvalue weighted by Crippen LogP contribution is 2.27. The van der Waals surface area contributed by atoms with Gasteiger partial charge in [0, 0.05) is 17.1 Å². The van der Waals surface area contributed by atoms with Crippen molar-refractivity contribution in [1.29, 1.82) is 0 Å². The molecule has 0 heterocycles. The molecule has 0 aromatic heterocycles. The van der Waals surface area contributed by atoms with Crippen LogP contribution < -0.4 is 5.32 Å². The van der Waals surface area contributed by atoms with E-state index < -0.39 is 0 Å².